The molecule has 0 saturated carbocycles. The highest BCUT2D eigenvalue weighted by atomic mass is 15.1. The van der Waals surface area contributed by atoms with E-state index in [9.17, 15) is 0 Å². The normalized spacial score (nSPS) is 13.6. The summed E-state index contributed by atoms with van der Waals surface area (Å²) in [6.07, 6.45) is 0. The van der Waals surface area contributed by atoms with Crippen molar-refractivity contribution in [2.24, 2.45) is 0 Å². The van der Waals surface area contributed by atoms with Crippen LogP contribution in [-0.2, 0) is 10.8 Å². The molecule has 1 nitrogen and oxygen atoms in total. The van der Waals surface area contributed by atoms with Crippen molar-refractivity contribution in [1.82, 2.24) is 0 Å². The topological polar surface area (TPSA) is 3.24 Å². The summed E-state index contributed by atoms with van der Waals surface area (Å²) in [5.74, 6) is 0. The highest BCUT2D eigenvalue weighted by Gasteiger charge is 2.37. The van der Waals surface area contributed by atoms with Crippen molar-refractivity contribution in [2.75, 3.05) is 4.90 Å². The molecular weight excluding hydrogens is 807 g/mol. The summed E-state index contributed by atoms with van der Waals surface area (Å²) in [6.45, 7) is 9.42. The monoisotopic (exact) mass is 857 g/mol. The van der Waals surface area contributed by atoms with Crippen molar-refractivity contribution >= 4 is 17.1 Å². The zero-order valence-electron chi connectivity index (χ0n) is 38.5. The minimum Gasteiger partial charge on any atom is -0.310 e. The predicted molar refractivity (Wildman–Crippen MR) is 283 cm³/mol. The first-order valence-electron chi connectivity index (χ1n) is 23.6. The third-order valence-electron chi connectivity index (χ3n) is 14.7. The van der Waals surface area contributed by atoms with Crippen LogP contribution in [0.15, 0.2) is 237 Å². The van der Waals surface area contributed by atoms with Crippen LogP contribution in [0.2, 0.25) is 0 Å². The van der Waals surface area contributed by atoms with Crippen molar-refractivity contribution < 1.29 is 0 Å². The van der Waals surface area contributed by atoms with Gasteiger partial charge in [-0.1, -0.05) is 222 Å². The Morgan fingerprint density at radius 1 is 0.254 bits per heavy atom. The summed E-state index contributed by atoms with van der Waals surface area (Å²) in [5.41, 5.74) is 26.2. The van der Waals surface area contributed by atoms with E-state index in [4.69, 9.17) is 0 Å². The van der Waals surface area contributed by atoms with Crippen LogP contribution in [0.4, 0.5) is 17.1 Å². The van der Waals surface area contributed by atoms with Crippen LogP contribution in [0.5, 0.6) is 0 Å². The van der Waals surface area contributed by atoms with Gasteiger partial charge in [0, 0.05) is 27.8 Å². The van der Waals surface area contributed by atoms with Gasteiger partial charge in [-0.3, -0.25) is 0 Å². The molecule has 0 heterocycles. The first-order valence-corrected chi connectivity index (χ1v) is 23.6. The van der Waals surface area contributed by atoms with E-state index in [2.05, 4.69) is 269 Å². The molecule has 0 saturated heterocycles. The largest absolute Gasteiger partial charge is 0.310 e. The lowest BCUT2D eigenvalue weighted by molar-refractivity contribution is 0.660. The molecular formula is C66H51N. The molecule has 0 aliphatic heterocycles. The van der Waals surface area contributed by atoms with Crippen LogP contribution in [0.3, 0.4) is 0 Å². The Hall–Kier alpha value is -8.00. The van der Waals surface area contributed by atoms with E-state index in [1.54, 1.807) is 0 Å². The number of para-hydroxylation sites is 1. The Kier molecular flexibility index (Phi) is 9.59. The summed E-state index contributed by atoms with van der Waals surface area (Å²) in [6, 6.07) is 87.5. The molecule has 0 amide bonds. The molecule has 67 heavy (non-hydrogen) atoms. The highest BCUT2D eigenvalue weighted by molar-refractivity contribution is 5.98. The minimum atomic E-state index is -0.0999. The van der Waals surface area contributed by atoms with E-state index in [-0.39, 0.29) is 10.8 Å². The summed E-state index contributed by atoms with van der Waals surface area (Å²) < 4.78 is 0. The third kappa shape index (κ3) is 6.68. The van der Waals surface area contributed by atoms with E-state index in [1.807, 2.05) is 0 Å². The second-order valence-corrected chi connectivity index (χ2v) is 19.3. The second kappa shape index (κ2) is 15.9. The van der Waals surface area contributed by atoms with Gasteiger partial charge in [0.2, 0.25) is 0 Å². The maximum absolute atomic E-state index is 2.45. The Morgan fingerprint density at radius 3 is 1.33 bits per heavy atom. The lowest BCUT2D eigenvalue weighted by atomic mass is 9.82. The molecule has 0 aromatic heterocycles. The fraction of sp³-hybridized carbons (Fsp3) is 0.0909. The molecule has 0 bridgehead atoms. The van der Waals surface area contributed by atoms with E-state index < -0.39 is 0 Å². The summed E-state index contributed by atoms with van der Waals surface area (Å²) >= 11 is 0. The number of rotatable bonds is 8. The Balaban J connectivity index is 0.983. The Bertz CT molecular complexity index is 3480. The average Bonchev–Trinajstić information content (AvgIpc) is 3.76. The lowest BCUT2D eigenvalue weighted by Gasteiger charge is -2.29. The van der Waals surface area contributed by atoms with E-state index in [0.29, 0.717) is 0 Å². The zero-order valence-corrected chi connectivity index (χ0v) is 38.5. The van der Waals surface area contributed by atoms with Crippen molar-refractivity contribution in [3.05, 3.63) is 259 Å². The molecule has 0 atom stereocenters. The first-order chi connectivity index (χ1) is 32.8. The van der Waals surface area contributed by atoms with E-state index >= 15 is 0 Å². The smallest absolute Gasteiger partial charge is 0.0540 e. The number of fused-ring (bicyclic) bond motifs is 6. The van der Waals surface area contributed by atoms with Crippen LogP contribution < -0.4 is 4.90 Å². The summed E-state index contributed by atoms with van der Waals surface area (Å²) in [7, 11) is 0. The Labute approximate surface area is 395 Å². The lowest BCUT2D eigenvalue weighted by Crippen LogP contribution is -2.15. The van der Waals surface area contributed by atoms with Crippen molar-refractivity contribution in [1.29, 1.82) is 0 Å². The van der Waals surface area contributed by atoms with Crippen LogP contribution in [0, 0.1) is 0 Å². The summed E-state index contributed by atoms with van der Waals surface area (Å²) in [4.78, 5) is 2.45. The average molecular weight is 858 g/mol. The van der Waals surface area contributed by atoms with Gasteiger partial charge in [-0.25, -0.2) is 0 Å². The number of benzene rings is 10. The fourth-order valence-corrected chi connectivity index (χ4v) is 11.3. The van der Waals surface area contributed by atoms with Crippen molar-refractivity contribution in [3.63, 3.8) is 0 Å². The van der Waals surface area contributed by atoms with Gasteiger partial charge in [0.05, 0.1) is 5.69 Å². The van der Waals surface area contributed by atoms with Gasteiger partial charge < -0.3 is 4.90 Å². The van der Waals surface area contributed by atoms with Gasteiger partial charge in [-0.2, -0.15) is 0 Å². The van der Waals surface area contributed by atoms with Crippen molar-refractivity contribution in [3.8, 4) is 77.9 Å². The summed E-state index contributed by atoms with van der Waals surface area (Å²) in [5, 5.41) is 0. The molecule has 12 rings (SSSR count). The van der Waals surface area contributed by atoms with Gasteiger partial charge in [-0.15, -0.1) is 0 Å². The SMILES string of the molecule is CC1(C)c2ccccc2-c2cc(-c3ccc(N(c4ccc(-c5ccc(-c6ccccc6)c(-c6ccccc6)c5)cc4)c4ccccc4-c4cccc5c4-c4ccccc4C5(C)C)cc3)ccc21. The number of nitrogens with zero attached hydrogens (tertiary/aromatic N) is 1. The maximum Gasteiger partial charge on any atom is 0.0540 e. The molecule has 0 N–H and O–H groups in total. The van der Waals surface area contributed by atoms with Gasteiger partial charge >= 0.3 is 0 Å². The molecule has 2 aliphatic carbocycles. The van der Waals surface area contributed by atoms with Crippen LogP contribution in [0.25, 0.3) is 77.9 Å². The number of hydrogen-bond acceptors (Lipinski definition) is 1. The molecule has 0 spiro atoms. The van der Waals surface area contributed by atoms with Crippen LogP contribution >= 0.6 is 0 Å². The van der Waals surface area contributed by atoms with E-state index in [1.165, 1.54) is 100 Å². The Morgan fingerprint density at radius 2 is 0.687 bits per heavy atom. The van der Waals surface area contributed by atoms with Crippen LogP contribution in [0.1, 0.15) is 49.9 Å². The molecule has 10 aromatic carbocycles. The first kappa shape index (κ1) is 40.5. The molecule has 320 valence electrons. The van der Waals surface area contributed by atoms with Gasteiger partial charge in [0.15, 0.2) is 0 Å². The van der Waals surface area contributed by atoms with Crippen LogP contribution in [-0.4, -0.2) is 0 Å². The predicted octanol–water partition coefficient (Wildman–Crippen LogP) is 18.1. The number of hydrogen-bond donors (Lipinski definition) is 0. The standard InChI is InChI=1S/C66H51N/c1-65(2)59-26-14-11-22-53(59)58-43-49(35-41-61(58)65)45-32-38-51(39-33-45)67(63-29-16-13-23-54(63)55-25-17-28-62-64(55)56-24-12-15-27-60(56)66(62,3)4)50-36-30-44(31-37-50)48-34-40-52(46-18-7-5-8-19-46)57(42-48)47-20-9-6-10-21-47/h5-43H,1-4H3. The van der Waals surface area contributed by atoms with E-state index in [0.717, 1.165) is 17.1 Å². The molecule has 0 fully saturated rings. The fourth-order valence-electron chi connectivity index (χ4n) is 11.3. The molecule has 0 radical (unpaired) electrons. The number of anilines is 3. The van der Waals surface area contributed by atoms with Gasteiger partial charge in [-0.05, 0) is 137 Å². The molecule has 10 aromatic rings. The quantitative estimate of drug-likeness (QED) is 0.147. The second-order valence-electron chi connectivity index (χ2n) is 19.3. The van der Waals surface area contributed by atoms with Gasteiger partial charge in [0.1, 0.15) is 0 Å². The maximum atomic E-state index is 2.45. The molecule has 1 heteroatoms. The zero-order chi connectivity index (χ0) is 45.3. The molecule has 2 aliphatic rings. The van der Waals surface area contributed by atoms with Gasteiger partial charge in [0.25, 0.3) is 0 Å². The van der Waals surface area contributed by atoms with Crippen molar-refractivity contribution in [2.45, 2.75) is 38.5 Å². The minimum absolute atomic E-state index is 0.0236. The highest BCUT2D eigenvalue weighted by Crippen LogP contribution is 2.54. The molecule has 0 unspecified atom stereocenters. The third-order valence-corrected chi connectivity index (χ3v) is 14.7.